The molecule has 0 bridgehead atoms. The minimum atomic E-state index is -3.50. The molecular weight excluding hydrogens is 342 g/mol. The lowest BCUT2D eigenvalue weighted by molar-refractivity contribution is 0.250. The van der Waals surface area contributed by atoms with Crippen molar-refractivity contribution in [2.24, 2.45) is 5.92 Å². The molecule has 3 heterocycles. The van der Waals surface area contributed by atoms with Gasteiger partial charge in [-0.05, 0) is 31.6 Å². The summed E-state index contributed by atoms with van der Waals surface area (Å²) < 4.78 is 28.1. The van der Waals surface area contributed by atoms with Crippen molar-refractivity contribution < 1.29 is 8.42 Å². The van der Waals surface area contributed by atoms with Crippen molar-refractivity contribution >= 4 is 10.0 Å². The maximum atomic E-state index is 12.5. The standard InChI is InChI=1S/C16H21N5O3S/c22-16-7-14(13-1-2-13)19-11-20(16)9-12-3-5-21(6-4-12)25(23,24)15-8-17-10-18-15/h7-8,10-13H,1-6,9H2,(H,17,18). The molecule has 8 nitrogen and oxygen atoms in total. The van der Waals surface area contributed by atoms with Gasteiger partial charge < -0.3 is 4.98 Å². The fourth-order valence-electron chi connectivity index (χ4n) is 3.31. The molecule has 0 radical (unpaired) electrons. The third-order valence-corrected chi connectivity index (χ3v) is 6.84. The van der Waals surface area contributed by atoms with Gasteiger partial charge in [-0.25, -0.2) is 18.4 Å². The quantitative estimate of drug-likeness (QED) is 0.852. The molecule has 0 spiro atoms. The number of hydrogen-bond donors (Lipinski definition) is 1. The van der Waals surface area contributed by atoms with Gasteiger partial charge >= 0.3 is 0 Å². The SMILES string of the molecule is O=c1cc(C2CC2)ncn1CC1CCN(S(=O)(=O)c2cnc[nH]2)CC1. The Morgan fingerprint density at radius 2 is 1.96 bits per heavy atom. The van der Waals surface area contributed by atoms with Crippen molar-refractivity contribution in [1.82, 2.24) is 23.8 Å². The summed E-state index contributed by atoms with van der Waals surface area (Å²) in [6.07, 6.45) is 8.04. The zero-order valence-corrected chi connectivity index (χ0v) is 14.7. The fraction of sp³-hybridized carbons (Fsp3) is 0.562. The average molecular weight is 363 g/mol. The molecule has 1 aliphatic heterocycles. The highest BCUT2D eigenvalue weighted by atomic mass is 32.2. The molecule has 1 aliphatic carbocycles. The normalized spacial score (nSPS) is 20.0. The van der Waals surface area contributed by atoms with Crippen LogP contribution in [0.4, 0.5) is 0 Å². The van der Waals surface area contributed by atoms with E-state index < -0.39 is 10.0 Å². The second-order valence-corrected chi connectivity index (χ2v) is 8.75. The first kappa shape index (κ1) is 16.5. The Bertz CT molecular complexity index is 894. The Hall–Kier alpha value is -2.00. The van der Waals surface area contributed by atoms with Gasteiger partial charge in [-0.3, -0.25) is 9.36 Å². The zero-order chi connectivity index (χ0) is 17.4. The first-order valence-corrected chi connectivity index (χ1v) is 10.0. The molecule has 0 amide bonds. The van der Waals surface area contributed by atoms with Crippen LogP contribution in [0.15, 0.2) is 34.7 Å². The molecule has 4 rings (SSSR count). The maximum Gasteiger partial charge on any atom is 0.260 e. The van der Waals surface area contributed by atoms with Crippen LogP contribution in [-0.2, 0) is 16.6 Å². The molecular formula is C16H21N5O3S. The lowest BCUT2D eigenvalue weighted by atomic mass is 9.98. The van der Waals surface area contributed by atoms with Gasteiger partial charge in [-0.15, -0.1) is 0 Å². The molecule has 25 heavy (non-hydrogen) atoms. The molecule has 1 saturated carbocycles. The summed E-state index contributed by atoms with van der Waals surface area (Å²) >= 11 is 0. The molecule has 2 aromatic rings. The number of aromatic amines is 1. The monoisotopic (exact) mass is 363 g/mol. The van der Waals surface area contributed by atoms with Gasteiger partial charge in [0.25, 0.3) is 15.6 Å². The van der Waals surface area contributed by atoms with Crippen molar-refractivity contribution in [2.45, 2.75) is 43.2 Å². The second-order valence-electron chi connectivity index (χ2n) is 6.84. The Morgan fingerprint density at radius 1 is 1.20 bits per heavy atom. The third-order valence-electron chi connectivity index (χ3n) is 5.02. The second kappa shape index (κ2) is 6.38. The van der Waals surface area contributed by atoms with E-state index in [0.29, 0.717) is 25.6 Å². The lowest BCUT2D eigenvalue weighted by Gasteiger charge is -2.30. The van der Waals surface area contributed by atoms with E-state index in [-0.39, 0.29) is 16.5 Å². The summed E-state index contributed by atoms with van der Waals surface area (Å²) in [7, 11) is -3.50. The van der Waals surface area contributed by atoms with E-state index in [4.69, 9.17) is 0 Å². The van der Waals surface area contributed by atoms with Gasteiger partial charge in [0.2, 0.25) is 0 Å². The number of rotatable bonds is 5. The first-order chi connectivity index (χ1) is 12.0. The van der Waals surface area contributed by atoms with Crippen molar-refractivity contribution in [3.8, 4) is 0 Å². The maximum absolute atomic E-state index is 12.5. The highest BCUT2D eigenvalue weighted by molar-refractivity contribution is 7.89. The van der Waals surface area contributed by atoms with E-state index in [1.54, 1.807) is 17.0 Å². The van der Waals surface area contributed by atoms with E-state index >= 15 is 0 Å². The predicted octanol–water partition coefficient (Wildman–Crippen LogP) is 0.945. The molecule has 134 valence electrons. The summed E-state index contributed by atoms with van der Waals surface area (Å²) in [5.41, 5.74) is 0.895. The van der Waals surface area contributed by atoms with Crippen LogP contribution < -0.4 is 5.56 Å². The number of nitrogens with one attached hydrogen (secondary N) is 1. The number of H-pyrrole nitrogens is 1. The van der Waals surface area contributed by atoms with E-state index in [1.807, 2.05) is 0 Å². The number of piperidine rings is 1. The molecule has 0 aromatic carbocycles. The predicted molar refractivity (Wildman–Crippen MR) is 90.5 cm³/mol. The van der Waals surface area contributed by atoms with Crippen molar-refractivity contribution in [1.29, 1.82) is 0 Å². The van der Waals surface area contributed by atoms with Crippen LogP contribution in [0.3, 0.4) is 0 Å². The highest BCUT2D eigenvalue weighted by Gasteiger charge is 2.30. The van der Waals surface area contributed by atoms with Gasteiger partial charge in [0.05, 0.1) is 24.5 Å². The summed E-state index contributed by atoms with van der Waals surface area (Å²) in [5, 5.41) is 0.127. The topological polar surface area (TPSA) is 101 Å². The van der Waals surface area contributed by atoms with Crippen molar-refractivity contribution in [3.63, 3.8) is 0 Å². The number of aromatic nitrogens is 4. The van der Waals surface area contributed by atoms with Gasteiger partial charge in [0.1, 0.15) is 0 Å². The van der Waals surface area contributed by atoms with E-state index in [1.165, 1.54) is 16.8 Å². The van der Waals surface area contributed by atoms with Crippen LogP contribution in [-0.4, -0.2) is 45.3 Å². The molecule has 2 aliphatic rings. The summed E-state index contributed by atoms with van der Waals surface area (Å²) in [5.74, 6) is 0.748. The van der Waals surface area contributed by atoms with Gasteiger partial charge in [-0.1, -0.05) is 0 Å². The Labute approximate surface area is 146 Å². The molecule has 0 atom stereocenters. The van der Waals surface area contributed by atoms with Gasteiger partial charge in [0, 0.05) is 31.6 Å². The third kappa shape index (κ3) is 3.38. The fourth-order valence-corrected chi connectivity index (χ4v) is 4.68. The minimum Gasteiger partial charge on any atom is -0.335 e. The lowest BCUT2D eigenvalue weighted by Crippen LogP contribution is -2.40. The molecule has 1 saturated heterocycles. The summed E-state index contributed by atoms with van der Waals surface area (Å²) in [6, 6.07) is 1.65. The smallest absolute Gasteiger partial charge is 0.260 e. The van der Waals surface area contributed by atoms with Crippen LogP contribution in [0.2, 0.25) is 0 Å². The van der Waals surface area contributed by atoms with Gasteiger partial charge in [-0.2, -0.15) is 4.31 Å². The Morgan fingerprint density at radius 3 is 2.56 bits per heavy atom. The number of hydrogen-bond acceptors (Lipinski definition) is 5. The number of nitrogens with zero attached hydrogens (tertiary/aromatic N) is 4. The Kier molecular flexibility index (Phi) is 4.20. The molecule has 9 heteroatoms. The van der Waals surface area contributed by atoms with Crippen LogP contribution in [0.1, 0.15) is 37.3 Å². The molecule has 1 N–H and O–H groups in total. The van der Waals surface area contributed by atoms with E-state index in [0.717, 1.165) is 31.4 Å². The average Bonchev–Trinajstić information content (AvgIpc) is 3.30. The van der Waals surface area contributed by atoms with E-state index in [9.17, 15) is 13.2 Å². The van der Waals surface area contributed by atoms with Gasteiger partial charge in [0.15, 0.2) is 5.03 Å². The number of imidazole rings is 1. The summed E-state index contributed by atoms with van der Waals surface area (Å²) in [6.45, 7) is 1.50. The largest absolute Gasteiger partial charge is 0.335 e. The molecule has 2 fully saturated rings. The molecule has 0 unspecified atom stereocenters. The summed E-state index contributed by atoms with van der Waals surface area (Å²) in [4.78, 5) is 23.1. The van der Waals surface area contributed by atoms with Crippen LogP contribution in [0, 0.1) is 5.92 Å². The van der Waals surface area contributed by atoms with Crippen LogP contribution >= 0.6 is 0 Å². The molecule has 2 aromatic heterocycles. The van der Waals surface area contributed by atoms with Crippen molar-refractivity contribution in [2.75, 3.05) is 13.1 Å². The van der Waals surface area contributed by atoms with Crippen LogP contribution in [0.25, 0.3) is 0 Å². The zero-order valence-electron chi connectivity index (χ0n) is 13.8. The van der Waals surface area contributed by atoms with Crippen molar-refractivity contribution in [3.05, 3.63) is 41.0 Å². The first-order valence-electron chi connectivity index (χ1n) is 8.59. The Balaban J connectivity index is 1.38. The van der Waals surface area contributed by atoms with E-state index in [2.05, 4.69) is 15.0 Å². The minimum absolute atomic E-state index is 0.00980. The van der Waals surface area contributed by atoms with Crippen LogP contribution in [0.5, 0.6) is 0 Å². The number of sulfonamides is 1. The highest BCUT2D eigenvalue weighted by Crippen LogP contribution is 2.38.